The Bertz CT molecular complexity index is 436. The molecule has 0 bridgehead atoms. The summed E-state index contributed by atoms with van der Waals surface area (Å²) >= 11 is 0. The number of nitrogens with zero attached hydrogens (tertiary/aromatic N) is 2. The van der Waals surface area contributed by atoms with Crippen LogP contribution < -0.4 is 16.2 Å². The van der Waals surface area contributed by atoms with Crippen molar-refractivity contribution in [1.29, 1.82) is 0 Å². The van der Waals surface area contributed by atoms with Gasteiger partial charge in [0.25, 0.3) is 0 Å². The van der Waals surface area contributed by atoms with Gasteiger partial charge in [-0.2, -0.15) is 0 Å². The van der Waals surface area contributed by atoms with Crippen LogP contribution in [0.4, 0.5) is 5.69 Å². The number of hydrogen-bond donors (Lipinski definition) is 2. The van der Waals surface area contributed by atoms with Crippen molar-refractivity contribution in [3.63, 3.8) is 0 Å². The van der Waals surface area contributed by atoms with Crippen LogP contribution in [0, 0.1) is 5.92 Å². The van der Waals surface area contributed by atoms with E-state index in [4.69, 9.17) is 5.84 Å². The maximum absolute atomic E-state index is 11.5. The molecule has 5 heteroatoms. The summed E-state index contributed by atoms with van der Waals surface area (Å²) in [5.41, 5.74) is 4.79. The lowest BCUT2D eigenvalue weighted by Gasteiger charge is -2.31. The highest BCUT2D eigenvalue weighted by Gasteiger charge is 2.24. The zero-order chi connectivity index (χ0) is 14.5. The maximum Gasteiger partial charge on any atom is 0.237 e. The highest BCUT2D eigenvalue weighted by molar-refractivity contribution is 5.78. The summed E-state index contributed by atoms with van der Waals surface area (Å²) in [4.78, 5) is 16.0. The number of benzene rings is 1. The zero-order valence-corrected chi connectivity index (χ0v) is 12.3. The highest BCUT2D eigenvalue weighted by Crippen LogP contribution is 2.20. The average molecular weight is 276 g/mol. The molecule has 0 aromatic heterocycles. The molecule has 1 aliphatic heterocycles. The smallest absolute Gasteiger partial charge is 0.237 e. The van der Waals surface area contributed by atoms with Crippen LogP contribution in [0.5, 0.6) is 0 Å². The molecule has 2 rings (SSSR count). The number of carbonyl (C=O) groups excluding carboxylic acids is 1. The SMILES string of the molecule is CN(C)c1ccc(CN2CCC(C(=O)NN)CC2)cc1. The normalized spacial score (nSPS) is 16.9. The standard InChI is InChI=1S/C15H24N4O/c1-18(2)14-5-3-12(4-6-14)11-19-9-7-13(8-10-19)15(20)17-16/h3-6,13H,7-11,16H2,1-2H3,(H,17,20). The number of carbonyl (C=O) groups is 1. The molecular weight excluding hydrogens is 252 g/mol. The van der Waals surface area contributed by atoms with Gasteiger partial charge in [-0.15, -0.1) is 0 Å². The van der Waals surface area contributed by atoms with Gasteiger partial charge in [0.15, 0.2) is 0 Å². The highest BCUT2D eigenvalue weighted by atomic mass is 16.2. The first kappa shape index (κ1) is 14.8. The fourth-order valence-electron chi connectivity index (χ4n) is 2.63. The van der Waals surface area contributed by atoms with Gasteiger partial charge in [0.1, 0.15) is 0 Å². The van der Waals surface area contributed by atoms with Gasteiger partial charge in [-0.25, -0.2) is 5.84 Å². The molecule has 1 aromatic carbocycles. The lowest BCUT2D eigenvalue weighted by Crippen LogP contribution is -2.42. The Morgan fingerprint density at radius 2 is 1.90 bits per heavy atom. The number of anilines is 1. The zero-order valence-electron chi connectivity index (χ0n) is 12.3. The van der Waals surface area contributed by atoms with Crippen LogP contribution in [0.15, 0.2) is 24.3 Å². The predicted octanol–water partition coefficient (Wildman–Crippen LogP) is 0.955. The van der Waals surface area contributed by atoms with Crippen molar-refractivity contribution < 1.29 is 4.79 Å². The molecule has 1 heterocycles. The molecule has 1 saturated heterocycles. The summed E-state index contributed by atoms with van der Waals surface area (Å²) in [6.07, 6.45) is 1.78. The Morgan fingerprint density at radius 3 is 2.40 bits per heavy atom. The molecule has 0 unspecified atom stereocenters. The van der Waals surface area contributed by atoms with Gasteiger partial charge < -0.3 is 4.90 Å². The molecule has 110 valence electrons. The molecule has 1 aromatic rings. The van der Waals surface area contributed by atoms with Crippen molar-refractivity contribution >= 4 is 11.6 Å². The Balaban J connectivity index is 1.84. The lowest BCUT2D eigenvalue weighted by molar-refractivity contribution is -0.126. The molecule has 3 N–H and O–H groups in total. The van der Waals surface area contributed by atoms with Crippen LogP contribution in [0.1, 0.15) is 18.4 Å². The number of hydrogen-bond acceptors (Lipinski definition) is 4. The van der Waals surface area contributed by atoms with Crippen molar-refractivity contribution in [2.45, 2.75) is 19.4 Å². The van der Waals surface area contributed by atoms with Crippen LogP contribution >= 0.6 is 0 Å². The monoisotopic (exact) mass is 276 g/mol. The summed E-state index contributed by atoms with van der Waals surface area (Å²) in [5.74, 6) is 5.23. The minimum Gasteiger partial charge on any atom is -0.378 e. The van der Waals surface area contributed by atoms with E-state index in [-0.39, 0.29) is 11.8 Å². The first-order valence-electron chi connectivity index (χ1n) is 7.09. The van der Waals surface area contributed by atoms with Crippen molar-refractivity contribution in [3.05, 3.63) is 29.8 Å². The van der Waals surface area contributed by atoms with Crippen LogP contribution in [0.25, 0.3) is 0 Å². The number of nitrogens with two attached hydrogens (primary N) is 1. The van der Waals surface area contributed by atoms with Gasteiger partial charge in [0.05, 0.1) is 0 Å². The van der Waals surface area contributed by atoms with E-state index in [0.29, 0.717) is 0 Å². The van der Waals surface area contributed by atoms with E-state index >= 15 is 0 Å². The summed E-state index contributed by atoms with van der Waals surface area (Å²) in [7, 11) is 4.09. The summed E-state index contributed by atoms with van der Waals surface area (Å²) in [6.45, 7) is 2.85. The molecule has 5 nitrogen and oxygen atoms in total. The Kier molecular flexibility index (Phi) is 4.98. The summed E-state index contributed by atoms with van der Waals surface area (Å²) in [6, 6.07) is 8.63. The Hall–Kier alpha value is -1.59. The van der Waals surface area contributed by atoms with Gasteiger partial charge in [-0.05, 0) is 43.6 Å². The molecule has 1 aliphatic rings. The molecule has 20 heavy (non-hydrogen) atoms. The van der Waals surface area contributed by atoms with Crippen LogP contribution in [-0.2, 0) is 11.3 Å². The van der Waals surface area contributed by atoms with Gasteiger partial charge in [-0.3, -0.25) is 15.1 Å². The van der Waals surface area contributed by atoms with Crippen molar-refractivity contribution in [1.82, 2.24) is 10.3 Å². The van der Waals surface area contributed by atoms with E-state index < -0.39 is 0 Å². The third kappa shape index (κ3) is 3.71. The van der Waals surface area contributed by atoms with E-state index in [0.717, 1.165) is 32.5 Å². The second kappa shape index (κ2) is 6.72. The maximum atomic E-state index is 11.5. The fourth-order valence-corrected chi connectivity index (χ4v) is 2.63. The topological polar surface area (TPSA) is 61.6 Å². The molecule has 0 saturated carbocycles. The molecule has 0 spiro atoms. The lowest BCUT2D eigenvalue weighted by atomic mass is 9.96. The molecule has 0 atom stereocenters. The number of amides is 1. The number of likely N-dealkylation sites (tertiary alicyclic amines) is 1. The van der Waals surface area contributed by atoms with Crippen molar-refractivity contribution in [2.75, 3.05) is 32.1 Å². The molecule has 1 amide bonds. The third-order valence-corrected chi connectivity index (χ3v) is 3.96. The van der Waals surface area contributed by atoms with Gasteiger partial charge in [0.2, 0.25) is 5.91 Å². The second-order valence-corrected chi connectivity index (χ2v) is 5.62. The number of hydrazine groups is 1. The van der Waals surface area contributed by atoms with E-state index in [9.17, 15) is 4.79 Å². The third-order valence-electron chi connectivity index (χ3n) is 3.96. The summed E-state index contributed by atoms with van der Waals surface area (Å²) < 4.78 is 0. The molecule has 0 radical (unpaired) electrons. The Labute approximate surface area is 120 Å². The van der Waals surface area contributed by atoms with Crippen LogP contribution in [-0.4, -0.2) is 38.0 Å². The van der Waals surface area contributed by atoms with Crippen molar-refractivity contribution in [2.24, 2.45) is 11.8 Å². The fraction of sp³-hybridized carbons (Fsp3) is 0.533. The van der Waals surface area contributed by atoms with Gasteiger partial charge >= 0.3 is 0 Å². The van der Waals surface area contributed by atoms with E-state index in [2.05, 4.69) is 39.5 Å². The average Bonchev–Trinajstić information content (AvgIpc) is 2.48. The first-order valence-corrected chi connectivity index (χ1v) is 7.09. The van der Waals surface area contributed by atoms with Gasteiger partial charge in [-0.1, -0.05) is 12.1 Å². The number of piperidine rings is 1. The quantitative estimate of drug-likeness (QED) is 0.488. The first-order chi connectivity index (χ1) is 9.60. The van der Waals surface area contributed by atoms with Crippen LogP contribution in [0.2, 0.25) is 0 Å². The molecule has 0 aliphatic carbocycles. The second-order valence-electron chi connectivity index (χ2n) is 5.62. The van der Waals surface area contributed by atoms with E-state index in [1.807, 2.05) is 14.1 Å². The van der Waals surface area contributed by atoms with E-state index in [1.54, 1.807) is 0 Å². The van der Waals surface area contributed by atoms with Gasteiger partial charge in [0, 0.05) is 32.2 Å². The minimum absolute atomic E-state index is 0.0278. The van der Waals surface area contributed by atoms with Crippen LogP contribution in [0.3, 0.4) is 0 Å². The molecular formula is C15H24N4O. The number of nitrogens with one attached hydrogen (secondary N) is 1. The Morgan fingerprint density at radius 1 is 1.30 bits per heavy atom. The number of rotatable bonds is 4. The largest absolute Gasteiger partial charge is 0.378 e. The minimum atomic E-state index is -0.0278. The predicted molar refractivity (Wildman–Crippen MR) is 81.1 cm³/mol. The van der Waals surface area contributed by atoms with Crippen molar-refractivity contribution in [3.8, 4) is 0 Å². The summed E-state index contributed by atoms with van der Waals surface area (Å²) in [5, 5.41) is 0. The molecule has 1 fully saturated rings. The van der Waals surface area contributed by atoms with E-state index in [1.165, 1.54) is 11.3 Å².